The van der Waals surface area contributed by atoms with Gasteiger partial charge in [-0.3, -0.25) is 0 Å². The molecule has 0 nitrogen and oxygen atoms in total. The topological polar surface area (TPSA) is 0 Å². The average molecular weight is 220 g/mol. The standard InChI is InChI=1S/C9H16S3/c1-2-7-12-8-3-4-9(12)11-6-5-10/h3-4,8,10,12H,2,5-7H2,1H3. The van der Waals surface area contributed by atoms with Crippen molar-refractivity contribution < 1.29 is 0 Å². The third-order valence-electron chi connectivity index (χ3n) is 1.59. The average Bonchev–Trinajstić information content (AvgIpc) is 2.50. The highest BCUT2D eigenvalue weighted by molar-refractivity contribution is 8.34. The third-order valence-corrected chi connectivity index (χ3v) is 6.23. The highest BCUT2D eigenvalue weighted by Crippen LogP contribution is 2.47. The van der Waals surface area contributed by atoms with Crippen LogP contribution in [-0.4, -0.2) is 17.3 Å². The molecular formula is C9H16S3. The summed E-state index contributed by atoms with van der Waals surface area (Å²) < 4.78 is 1.60. The number of allylic oxidation sites excluding steroid dienone is 2. The lowest BCUT2D eigenvalue weighted by Gasteiger charge is -2.15. The summed E-state index contributed by atoms with van der Waals surface area (Å²) in [6, 6.07) is 0. The molecule has 12 heavy (non-hydrogen) atoms. The lowest BCUT2D eigenvalue weighted by atomic mass is 10.6. The lowest BCUT2D eigenvalue weighted by molar-refractivity contribution is 1.11. The van der Waals surface area contributed by atoms with Gasteiger partial charge in [0.05, 0.1) is 0 Å². The molecule has 1 aliphatic heterocycles. The molecule has 0 saturated carbocycles. The fourth-order valence-corrected chi connectivity index (χ4v) is 4.82. The molecule has 1 aliphatic rings. The van der Waals surface area contributed by atoms with Crippen molar-refractivity contribution in [2.24, 2.45) is 0 Å². The number of thiol groups is 2. The van der Waals surface area contributed by atoms with E-state index in [1.807, 2.05) is 11.8 Å². The molecule has 0 aromatic heterocycles. The van der Waals surface area contributed by atoms with E-state index in [1.54, 1.807) is 4.24 Å². The Bertz CT molecular complexity index is 184. The van der Waals surface area contributed by atoms with Gasteiger partial charge in [-0.05, 0) is 29.4 Å². The van der Waals surface area contributed by atoms with Crippen LogP contribution in [0.5, 0.6) is 0 Å². The van der Waals surface area contributed by atoms with Gasteiger partial charge in [-0.1, -0.05) is 13.0 Å². The Morgan fingerprint density at radius 2 is 2.42 bits per heavy atom. The molecule has 0 saturated heterocycles. The summed E-state index contributed by atoms with van der Waals surface area (Å²) >= 11 is 6.20. The van der Waals surface area contributed by atoms with Crippen molar-refractivity contribution in [1.82, 2.24) is 0 Å². The van der Waals surface area contributed by atoms with Gasteiger partial charge in [-0.2, -0.15) is 12.6 Å². The molecule has 0 amide bonds. The van der Waals surface area contributed by atoms with E-state index >= 15 is 0 Å². The minimum absolute atomic E-state index is 0.0893. The summed E-state index contributed by atoms with van der Waals surface area (Å²) in [4.78, 5) is 0. The van der Waals surface area contributed by atoms with Gasteiger partial charge in [0.25, 0.3) is 0 Å². The van der Waals surface area contributed by atoms with Crippen LogP contribution in [0.4, 0.5) is 0 Å². The molecule has 0 aliphatic carbocycles. The van der Waals surface area contributed by atoms with E-state index in [9.17, 15) is 0 Å². The normalized spacial score (nSPS) is 24.5. The first kappa shape index (κ1) is 10.6. The molecule has 0 radical (unpaired) electrons. The first-order chi connectivity index (χ1) is 5.88. The van der Waals surface area contributed by atoms with Gasteiger partial charge in [0, 0.05) is 9.99 Å². The molecule has 0 aromatic carbocycles. The van der Waals surface area contributed by atoms with Crippen molar-refractivity contribution in [1.29, 1.82) is 0 Å². The van der Waals surface area contributed by atoms with Crippen molar-refractivity contribution in [3.05, 3.63) is 21.8 Å². The Balaban J connectivity index is 2.33. The summed E-state index contributed by atoms with van der Waals surface area (Å²) in [5, 5.41) is 2.37. The van der Waals surface area contributed by atoms with Gasteiger partial charge in [-0.15, -0.1) is 11.8 Å². The minimum Gasteiger partial charge on any atom is -0.201 e. The van der Waals surface area contributed by atoms with Crippen LogP contribution in [0.1, 0.15) is 13.3 Å². The highest BCUT2D eigenvalue weighted by Gasteiger charge is 2.09. The van der Waals surface area contributed by atoms with Crippen molar-refractivity contribution in [3.8, 4) is 0 Å². The summed E-state index contributed by atoms with van der Waals surface area (Å²) in [7, 11) is 0.0893. The Hall–Kier alpha value is 0.530. The zero-order valence-corrected chi connectivity index (χ0v) is 9.97. The number of hydrogen-bond acceptors (Lipinski definition) is 2. The fraction of sp³-hybridized carbons (Fsp3) is 0.556. The van der Waals surface area contributed by atoms with Crippen molar-refractivity contribution >= 4 is 35.3 Å². The summed E-state index contributed by atoms with van der Waals surface area (Å²) in [5.41, 5.74) is 0. The molecule has 3 heteroatoms. The number of rotatable bonds is 5. The van der Waals surface area contributed by atoms with Crippen LogP contribution in [0.2, 0.25) is 0 Å². The summed E-state index contributed by atoms with van der Waals surface area (Å²) in [5.74, 6) is 3.49. The zero-order chi connectivity index (χ0) is 8.81. The van der Waals surface area contributed by atoms with Gasteiger partial charge >= 0.3 is 0 Å². The van der Waals surface area contributed by atoms with E-state index in [4.69, 9.17) is 0 Å². The van der Waals surface area contributed by atoms with Gasteiger partial charge in [-0.25, -0.2) is 10.9 Å². The molecule has 0 N–H and O–H groups in total. The first-order valence-electron chi connectivity index (χ1n) is 4.27. The Labute approximate surface area is 87.6 Å². The molecular weight excluding hydrogens is 204 g/mol. The second kappa shape index (κ2) is 6.06. The molecule has 0 aromatic rings. The maximum atomic E-state index is 4.21. The second-order valence-electron chi connectivity index (χ2n) is 2.61. The van der Waals surface area contributed by atoms with Crippen LogP contribution in [0.25, 0.3) is 0 Å². The van der Waals surface area contributed by atoms with Crippen LogP contribution in [0, 0.1) is 0 Å². The van der Waals surface area contributed by atoms with E-state index < -0.39 is 0 Å². The predicted molar refractivity (Wildman–Crippen MR) is 67.7 cm³/mol. The minimum atomic E-state index is 0.0893. The molecule has 0 bridgehead atoms. The molecule has 70 valence electrons. The fourth-order valence-electron chi connectivity index (χ4n) is 1.11. The maximum absolute atomic E-state index is 4.21. The summed E-state index contributed by atoms with van der Waals surface area (Å²) in [6.07, 6.45) is 5.78. The SMILES string of the molecule is CCC[SH]1C=CC=C1SCCS. The highest BCUT2D eigenvalue weighted by atomic mass is 32.2. The molecule has 1 heterocycles. The van der Waals surface area contributed by atoms with Crippen LogP contribution < -0.4 is 0 Å². The Morgan fingerprint density at radius 1 is 1.58 bits per heavy atom. The van der Waals surface area contributed by atoms with E-state index in [-0.39, 0.29) is 10.9 Å². The van der Waals surface area contributed by atoms with E-state index in [0.717, 1.165) is 11.5 Å². The van der Waals surface area contributed by atoms with Gasteiger partial charge in [0.15, 0.2) is 0 Å². The van der Waals surface area contributed by atoms with Crippen LogP contribution in [-0.2, 0) is 0 Å². The van der Waals surface area contributed by atoms with Crippen LogP contribution >= 0.6 is 35.3 Å². The largest absolute Gasteiger partial charge is 0.201 e. The zero-order valence-electron chi connectivity index (χ0n) is 7.36. The Morgan fingerprint density at radius 3 is 3.08 bits per heavy atom. The van der Waals surface area contributed by atoms with E-state index in [2.05, 4.69) is 37.1 Å². The number of thioether (sulfide) groups is 1. The maximum Gasteiger partial charge on any atom is 0.0240 e. The predicted octanol–water partition coefficient (Wildman–Crippen LogP) is 3.43. The first-order valence-corrected chi connectivity index (χ1v) is 7.48. The van der Waals surface area contributed by atoms with Crippen molar-refractivity contribution in [3.63, 3.8) is 0 Å². The quantitative estimate of drug-likeness (QED) is 0.669. The van der Waals surface area contributed by atoms with Gasteiger partial charge in [0.2, 0.25) is 0 Å². The van der Waals surface area contributed by atoms with Gasteiger partial charge in [0.1, 0.15) is 0 Å². The third kappa shape index (κ3) is 3.11. The van der Waals surface area contributed by atoms with E-state index in [0.29, 0.717) is 0 Å². The molecule has 1 rings (SSSR count). The molecule has 0 fully saturated rings. The lowest BCUT2D eigenvalue weighted by Crippen LogP contribution is -1.85. The second-order valence-corrected chi connectivity index (χ2v) is 6.67. The number of hydrogen-bond donors (Lipinski definition) is 2. The van der Waals surface area contributed by atoms with E-state index in [1.165, 1.54) is 12.2 Å². The monoisotopic (exact) mass is 220 g/mol. The molecule has 1 unspecified atom stereocenters. The van der Waals surface area contributed by atoms with Crippen molar-refractivity contribution in [2.75, 3.05) is 17.3 Å². The van der Waals surface area contributed by atoms with Crippen molar-refractivity contribution in [2.45, 2.75) is 13.3 Å². The van der Waals surface area contributed by atoms with Gasteiger partial charge < -0.3 is 0 Å². The van der Waals surface area contributed by atoms with Crippen LogP contribution in [0.15, 0.2) is 21.8 Å². The smallest absolute Gasteiger partial charge is 0.0240 e. The molecule has 0 spiro atoms. The summed E-state index contributed by atoms with van der Waals surface area (Å²) in [6.45, 7) is 2.26. The Kier molecular flexibility index (Phi) is 5.35. The van der Waals surface area contributed by atoms with Crippen LogP contribution in [0.3, 0.4) is 0 Å². The molecule has 1 atom stereocenters.